The molecule has 3 aromatic carbocycles. The quantitative estimate of drug-likeness (QED) is 0.672. The molecule has 4 rings (SSSR count). The Hall–Kier alpha value is -3.67. The minimum absolute atomic E-state index is 0.0624. The Morgan fingerprint density at radius 3 is 2.43 bits per heavy atom. The lowest BCUT2D eigenvalue weighted by atomic mass is 10.0. The van der Waals surface area contributed by atoms with Crippen LogP contribution in [0.3, 0.4) is 0 Å². The van der Waals surface area contributed by atoms with E-state index in [1.54, 1.807) is 17.0 Å². The van der Waals surface area contributed by atoms with E-state index in [1.165, 1.54) is 12.1 Å². The van der Waals surface area contributed by atoms with Crippen LogP contribution in [0.1, 0.15) is 11.1 Å². The van der Waals surface area contributed by atoms with Gasteiger partial charge in [0.1, 0.15) is 11.9 Å². The second kappa shape index (κ2) is 8.78. The number of hydrogen-bond acceptors (Lipinski definition) is 2. The van der Waals surface area contributed by atoms with Crippen molar-refractivity contribution in [2.75, 3.05) is 16.8 Å². The molecule has 152 valence electrons. The molecule has 1 aliphatic heterocycles. The second-order valence-corrected chi connectivity index (χ2v) is 7.19. The molecule has 0 aromatic heterocycles. The summed E-state index contributed by atoms with van der Waals surface area (Å²) in [6.45, 7) is 0.570. The molecule has 3 aromatic rings. The third kappa shape index (κ3) is 4.33. The van der Waals surface area contributed by atoms with Crippen LogP contribution >= 0.6 is 0 Å². The fourth-order valence-electron chi connectivity index (χ4n) is 3.68. The molecule has 5 nitrogen and oxygen atoms in total. The van der Waals surface area contributed by atoms with Crippen LogP contribution in [0.5, 0.6) is 0 Å². The van der Waals surface area contributed by atoms with E-state index in [2.05, 4.69) is 10.6 Å². The van der Waals surface area contributed by atoms with E-state index in [-0.39, 0.29) is 11.6 Å². The summed E-state index contributed by atoms with van der Waals surface area (Å²) in [5.74, 6) is -0.723. The number of urea groups is 1. The smallest absolute Gasteiger partial charge is 0.319 e. The number of carbonyl (C=O) groups excluding carboxylic acids is 2. The van der Waals surface area contributed by atoms with Gasteiger partial charge in [-0.1, -0.05) is 60.7 Å². The number of anilines is 2. The molecule has 0 radical (unpaired) electrons. The molecule has 3 amide bonds. The van der Waals surface area contributed by atoms with Crippen molar-refractivity contribution in [2.45, 2.75) is 18.9 Å². The van der Waals surface area contributed by atoms with Gasteiger partial charge in [0, 0.05) is 18.7 Å². The second-order valence-electron chi connectivity index (χ2n) is 7.19. The number of amides is 3. The standard InChI is InChI=1S/C24H22FN3O2/c25-19-11-5-6-12-20(19)26-24(30)27-21(16-17-8-2-1-3-9-17)23(29)28-15-14-18-10-4-7-13-22(18)28/h1-13,21H,14-16H2,(H2,26,27,30)/t21-/m1/s1. The highest BCUT2D eigenvalue weighted by Gasteiger charge is 2.31. The normalized spacial score (nSPS) is 13.4. The Bertz CT molecular complexity index is 1060. The van der Waals surface area contributed by atoms with Gasteiger partial charge in [0.15, 0.2) is 0 Å². The van der Waals surface area contributed by atoms with Crippen molar-refractivity contribution >= 4 is 23.3 Å². The van der Waals surface area contributed by atoms with Gasteiger partial charge in [0.05, 0.1) is 5.69 Å². The van der Waals surface area contributed by atoms with E-state index in [1.807, 2.05) is 54.6 Å². The van der Waals surface area contributed by atoms with Gasteiger partial charge in [-0.15, -0.1) is 0 Å². The summed E-state index contributed by atoms with van der Waals surface area (Å²) >= 11 is 0. The van der Waals surface area contributed by atoms with Gasteiger partial charge in [0.2, 0.25) is 5.91 Å². The maximum atomic E-state index is 13.9. The van der Waals surface area contributed by atoms with Crippen LogP contribution < -0.4 is 15.5 Å². The number of hydrogen-bond donors (Lipinski definition) is 2. The van der Waals surface area contributed by atoms with Crippen LogP contribution in [0.2, 0.25) is 0 Å². The topological polar surface area (TPSA) is 61.4 Å². The molecule has 0 aliphatic carbocycles. The van der Waals surface area contributed by atoms with Gasteiger partial charge in [0.25, 0.3) is 0 Å². The number of fused-ring (bicyclic) bond motifs is 1. The van der Waals surface area contributed by atoms with Crippen LogP contribution in [0.15, 0.2) is 78.9 Å². The zero-order chi connectivity index (χ0) is 20.9. The highest BCUT2D eigenvalue weighted by molar-refractivity contribution is 6.02. The van der Waals surface area contributed by atoms with Crippen molar-refractivity contribution in [1.29, 1.82) is 0 Å². The summed E-state index contributed by atoms with van der Waals surface area (Å²) in [7, 11) is 0. The van der Waals surface area contributed by atoms with Crippen LogP contribution in [0.25, 0.3) is 0 Å². The molecule has 1 heterocycles. The summed E-state index contributed by atoms with van der Waals surface area (Å²) in [4.78, 5) is 27.7. The molecule has 0 bridgehead atoms. The van der Waals surface area contributed by atoms with Crippen molar-refractivity contribution < 1.29 is 14.0 Å². The van der Waals surface area contributed by atoms with Crippen molar-refractivity contribution in [3.8, 4) is 0 Å². The minimum Gasteiger partial charge on any atom is -0.326 e. The highest BCUT2D eigenvalue weighted by atomic mass is 19.1. The Morgan fingerprint density at radius 2 is 1.63 bits per heavy atom. The number of rotatable bonds is 5. The van der Waals surface area contributed by atoms with E-state index in [0.717, 1.165) is 23.2 Å². The molecule has 6 heteroatoms. The lowest BCUT2D eigenvalue weighted by molar-refractivity contribution is -0.120. The third-order valence-electron chi connectivity index (χ3n) is 5.16. The Morgan fingerprint density at radius 1 is 0.933 bits per heavy atom. The van der Waals surface area contributed by atoms with Gasteiger partial charge in [-0.2, -0.15) is 0 Å². The van der Waals surface area contributed by atoms with Gasteiger partial charge >= 0.3 is 6.03 Å². The van der Waals surface area contributed by atoms with E-state index in [0.29, 0.717) is 13.0 Å². The van der Waals surface area contributed by atoms with Crippen molar-refractivity contribution in [3.63, 3.8) is 0 Å². The molecule has 0 unspecified atom stereocenters. The fraction of sp³-hybridized carbons (Fsp3) is 0.167. The minimum atomic E-state index is -0.787. The van der Waals surface area contributed by atoms with Gasteiger partial charge < -0.3 is 15.5 Å². The molecule has 0 saturated heterocycles. The zero-order valence-electron chi connectivity index (χ0n) is 16.3. The third-order valence-corrected chi connectivity index (χ3v) is 5.16. The van der Waals surface area contributed by atoms with Crippen LogP contribution in [-0.2, 0) is 17.6 Å². The molecule has 0 fully saturated rings. The first kappa shape index (κ1) is 19.6. The van der Waals surface area contributed by atoms with Crippen molar-refractivity contribution in [2.24, 2.45) is 0 Å². The first-order valence-corrected chi connectivity index (χ1v) is 9.87. The number of halogens is 1. The van der Waals surface area contributed by atoms with E-state index >= 15 is 0 Å². The average molecular weight is 403 g/mol. The number of carbonyl (C=O) groups is 2. The molecule has 1 aliphatic rings. The zero-order valence-corrected chi connectivity index (χ0v) is 16.3. The molecule has 2 N–H and O–H groups in total. The summed E-state index contributed by atoms with van der Waals surface area (Å²) in [5, 5.41) is 5.24. The lowest BCUT2D eigenvalue weighted by Crippen LogP contribution is -2.50. The summed E-state index contributed by atoms with van der Waals surface area (Å²) < 4.78 is 13.9. The number of benzene rings is 3. The molecule has 0 spiro atoms. The summed E-state index contributed by atoms with van der Waals surface area (Å²) in [5.41, 5.74) is 2.97. The van der Waals surface area contributed by atoms with Gasteiger partial charge in [-0.25, -0.2) is 9.18 Å². The number of para-hydroxylation sites is 2. The Kier molecular flexibility index (Phi) is 5.75. The first-order valence-electron chi connectivity index (χ1n) is 9.87. The fourth-order valence-corrected chi connectivity index (χ4v) is 3.68. The SMILES string of the molecule is O=C(Nc1ccccc1F)N[C@H](Cc1ccccc1)C(=O)N1CCc2ccccc21. The van der Waals surface area contributed by atoms with Gasteiger partial charge in [-0.05, 0) is 35.7 Å². The summed E-state index contributed by atoms with van der Waals surface area (Å²) in [6.07, 6.45) is 1.12. The Balaban J connectivity index is 1.54. The lowest BCUT2D eigenvalue weighted by Gasteiger charge is -2.25. The van der Waals surface area contributed by atoms with Crippen molar-refractivity contribution in [3.05, 3.63) is 95.8 Å². The van der Waals surface area contributed by atoms with E-state index in [4.69, 9.17) is 0 Å². The van der Waals surface area contributed by atoms with Crippen molar-refractivity contribution in [1.82, 2.24) is 5.32 Å². The molecular formula is C24H22FN3O2. The van der Waals surface area contributed by atoms with Gasteiger partial charge in [-0.3, -0.25) is 4.79 Å². The number of nitrogens with zero attached hydrogens (tertiary/aromatic N) is 1. The largest absolute Gasteiger partial charge is 0.326 e. The first-order chi connectivity index (χ1) is 14.6. The highest BCUT2D eigenvalue weighted by Crippen LogP contribution is 2.28. The number of nitrogens with one attached hydrogen (secondary N) is 2. The predicted octanol–water partition coefficient (Wildman–Crippen LogP) is 4.15. The van der Waals surface area contributed by atoms with E-state index < -0.39 is 17.9 Å². The monoisotopic (exact) mass is 403 g/mol. The molecule has 0 saturated carbocycles. The predicted molar refractivity (Wildman–Crippen MR) is 115 cm³/mol. The maximum Gasteiger partial charge on any atom is 0.319 e. The molecule has 1 atom stereocenters. The molecule has 30 heavy (non-hydrogen) atoms. The maximum absolute atomic E-state index is 13.9. The van der Waals surface area contributed by atoms with Crippen LogP contribution in [0.4, 0.5) is 20.6 Å². The average Bonchev–Trinajstić information content (AvgIpc) is 3.19. The summed E-state index contributed by atoms with van der Waals surface area (Å²) in [6, 6.07) is 21.8. The van der Waals surface area contributed by atoms with Crippen LogP contribution in [-0.4, -0.2) is 24.5 Å². The van der Waals surface area contributed by atoms with E-state index in [9.17, 15) is 14.0 Å². The molecular weight excluding hydrogens is 381 g/mol. The van der Waals surface area contributed by atoms with Crippen LogP contribution in [0, 0.1) is 5.82 Å². The Labute approximate surface area is 174 Å².